The number of ether oxygens (including phenoxy) is 1. The Balaban J connectivity index is 0.00000256. The molecule has 7 heteroatoms. The molecule has 2 N–H and O–H groups in total. The molecular weight excluding hydrogens is 404 g/mol. The molecule has 1 aliphatic carbocycles. The average molecular weight is 435 g/mol. The highest BCUT2D eigenvalue weighted by Gasteiger charge is 2.19. The second-order valence-corrected chi connectivity index (χ2v) is 8.33. The summed E-state index contributed by atoms with van der Waals surface area (Å²) in [5, 5.41) is 6.73. The van der Waals surface area contributed by atoms with Gasteiger partial charge in [0, 0.05) is 12.6 Å². The maximum atomic E-state index is 12.6. The van der Waals surface area contributed by atoms with Crippen molar-refractivity contribution in [3.05, 3.63) is 40.2 Å². The predicted molar refractivity (Wildman–Crippen MR) is 120 cm³/mol. The SMILES string of the molecule is Cl.O=C(NCC1CCCCC1)c1cc(=O)c2cccc(OCC3CCNCC3)c2o1. The maximum absolute atomic E-state index is 12.6. The fourth-order valence-electron chi connectivity index (χ4n) is 4.35. The molecule has 30 heavy (non-hydrogen) atoms. The normalized spacial score (nSPS) is 18.0. The first-order chi connectivity index (χ1) is 14.2. The highest BCUT2D eigenvalue weighted by atomic mass is 35.5. The minimum absolute atomic E-state index is 0. The summed E-state index contributed by atoms with van der Waals surface area (Å²) in [6, 6.07) is 6.59. The summed E-state index contributed by atoms with van der Waals surface area (Å²) >= 11 is 0. The molecule has 4 rings (SSSR count). The van der Waals surface area contributed by atoms with Crippen molar-refractivity contribution in [2.24, 2.45) is 11.8 Å². The Bertz CT molecular complexity index is 902. The van der Waals surface area contributed by atoms with Crippen LogP contribution in [0.1, 0.15) is 55.5 Å². The van der Waals surface area contributed by atoms with Crippen LogP contribution in [0.2, 0.25) is 0 Å². The minimum atomic E-state index is -0.331. The molecule has 2 aliphatic rings. The van der Waals surface area contributed by atoms with Crippen LogP contribution in [0.5, 0.6) is 5.75 Å². The van der Waals surface area contributed by atoms with E-state index in [2.05, 4.69) is 10.6 Å². The van der Waals surface area contributed by atoms with Gasteiger partial charge in [0.25, 0.3) is 5.91 Å². The summed E-state index contributed by atoms with van der Waals surface area (Å²) in [4.78, 5) is 25.2. The van der Waals surface area contributed by atoms with E-state index in [1.54, 1.807) is 18.2 Å². The second kappa shape index (κ2) is 10.8. The van der Waals surface area contributed by atoms with E-state index in [4.69, 9.17) is 9.15 Å². The van der Waals surface area contributed by atoms with Crippen LogP contribution in [0, 0.1) is 11.8 Å². The number of fused-ring (bicyclic) bond motifs is 1. The van der Waals surface area contributed by atoms with Gasteiger partial charge in [-0.2, -0.15) is 0 Å². The molecule has 1 aromatic carbocycles. The molecule has 1 amide bonds. The average Bonchev–Trinajstić information content (AvgIpc) is 2.77. The van der Waals surface area contributed by atoms with E-state index in [1.807, 2.05) is 0 Å². The van der Waals surface area contributed by atoms with Gasteiger partial charge in [-0.3, -0.25) is 9.59 Å². The molecule has 2 fully saturated rings. The van der Waals surface area contributed by atoms with Gasteiger partial charge >= 0.3 is 0 Å². The minimum Gasteiger partial charge on any atom is -0.489 e. The van der Waals surface area contributed by atoms with Crippen molar-refractivity contribution in [1.82, 2.24) is 10.6 Å². The molecule has 164 valence electrons. The third-order valence-electron chi connectivity index (χ3n) is 6.15. The van der Waals surface area contributed by atoms with Gasteiger partial charge in [-0.25, -0.2) is 0 Å². The second-order valence-electron chi connectivity index (χ2n) is 8.33. The quantitative estimate of drug-likeness (QED) is 0.720. The van der Waals surface area contributed by atoms with Crippen LogP contribution in [-0.2, 0) is 0 Å². The zero-order valence-corrected chi connectivity index (χ0v) is 18.1. The van der Waals surface area contributed by atoms with Crippen molar-refractivity contribution in [1.29, 1.82) is 0 Å². The van der Waals surface area contributed by atoms with E-state index in [9.17, 15) is 9.59 Å². The largest absolute Gasteiger partial charge is 0.489 e. The lowest BCUT2D eigenvalue weighted by Gasteiger charge is -2.22. The molecular formula is C23H31ClN2O4. The molecule has 2 aromatic rings. The summed E-state index contributed by atoms with van der Waals surface area (Å²) in [6.07, 6.45) is 8.18. The number of benzene rings is 1. The Hall–Kier alpha value is -2.05. The first kappa shape index (κ1) is 22.6. The summed E-state index contributed by atoms with van der Waals surface area (Å²) in [7, 11) is 0. The summed E-state index contributed by atoms with van der Waals surface area (Å²) in [6.45, 7) is 3.23. The van der Waals surface area contributed by atoms with Crippen molar-refractivity contribution >= 4 is 29.3 Å². The molecule has 1 aromatic heterocycles. The van der Waals surface area contributed by atoms with Gasteiger partial charge in [0.2, 0.25) is 0 Å². The van der Waals surface area contributed by atoms with Crippen LogP contribution in [-0.4, -0.2) is 32.1 Å². The molecule has 0 atom stereocenters. The first-order valence-electron chi connectivity index (χ1n) is 10.9. The monoisotopic (exact) mass is 434 g/mol. The molecule has 0 unspecified atom stereocenters. The van der Waals surface area contributed by atoms with Gasteiger partial charge in [0.05, 0.1) is 12.0 Å². The van der Waals surface area contributed by atoms with E-state index in [0.29, 0.717) is 41.7 Å². The lowest BCUT2D eigenvalue weighted by Crippen LogP contribution is -2.31. The van der Waals surface area contributed by atoms with E-state index in [0.717, 1.165) is 38.8 Å². The molecule has 2 heterocycles. The number of hydrogen-bond acceptors (Lipinski definition) is 5. The maximum Gasteiger partial charge on any atom is 0.287 e. The smallest absolute Gasteiger partial charge is 0.287 e. The van der Waals surface area contributed by atoms with Gasteiger partial charge in [-0.15, -0.1) is 12.4 Å². The topological polar surface area (TPSA) is 80.6 Å². The van der Waals surface area contributed by atoms with Crippen molar-refractivity contribution in [3.63, 3.8) is 0 Å². The Morgan fingerprint density at radius 1 is 1.10 bits per heavy atom. The number of nitrogens with one attached hydrogen (secondary N) is 2. The number of para-hydroxylation sites is 1. The van der Waals surface area contributed by atoms with E-state index < -0.39 is 0 Å². The summed E-state index contributed by atoms with van der Waals surface area (Å²) < 4.78 is 11.9. The van der Waals surface area contributed by atoms with Crippen molar-refractivity contribution in [2.45, 2.75) is 44.9 Å². The van der Waals surface area contributed by atoms with E-state index in [1.165, 1.54) is 25.3 Å². The number of amides is 1. The number of carbonyl (C=O) groups is 1. The number of hydrogen-bond donors (Lipinski definition) is 2. The summed E-state index contributed by atoms with van der Waals surface area (Å²) in [5.41, 5.74) is 0.137. The van der Waals surface area contributed by atoms with E-state index in [-0.39, 0.29) is 29.5 Å². The fourth-order valence-corrected chi connectivity index (χ4v) is 4.35. The van der Waals surface area contributed by atoms with Crippen molar-refractivity contribution in [2.75, 3.05) is 26.2 Å². The van der Waals surface area contributed by atoms with Gasteiger partial charge < -0.3 is 19.8 Å². The molecule has 0 radical (unpaired) electrons. The highest BCUT2D eigenvalue weighted by Crippen LogP contribution is 2.26. The number of piperidine rings is 1. The van der Waals surface area contributed by atoms with Crippen LogP contribution < -0.4 is 20.8 Å². The van der Waals surface area contributed by atoms with Crippen LogP contribution in [0.15, 0.2) is 33.5 Å². The molecule has 1 saturated carbocycles. The highest BCUT2D eigenvalue weighted by molar-refractivity contribution is 5.93. The number of rotatable bonds is 6. The van der Waals surface area contributed by atoms with Crippen molar-refractivity contribution < 1.29 is 13.9 Å². The standard InChI is InChI=1S/C23H30N2O4.ClH/c26-19-13-21(23(27)25-14-16-5-2-1-3-6-16)29-22-18(19)7-4-8-20(22)28-15-17-9-11-24-12-10-17;/h4,7-8,13,16-17,24H,1-3,5-6,9-12,14-15H2,(H,25,27);1H. The Labute approximate surface area is 183 Å². The van der Waals surface area contributed by atoms with Crippen LogP contribution in [0.4, 0.5) is 0 Å². The molecule has 0 spiro atoms. The number of carbonyl (C=O) groups excluding carboxylic acids is 1. The van der Waals surface area contributed by atoms with Crippen LogP contribution >= 0.6 is 12.4 Å². The lowest BCUT2D eigenvalue weighted by atomic mass is 9.89. The van der Waals surface area contributed by atoms with Crippen LogP contribution in [0.3, 0.4) is 0 Å². The molecule has 1 saturated heterocycles. The van der Waals surface area contributed by atoms with E-state index >= 15 is 0 Å². The molecule has 1 aliphatic heterocycles. The van der Waals surface area contributed by atoms with Crippen LogP contribution in [0.25, 0.3) is 11.0 Å². The van der Waals surface area contributed by atoms with Crippen molar-refractivity contribution in [3.8, 4) is 5.75 Å². The first-order valence-corrected chi connectivity index (χ1v) is 10.9. The zero-order chi connectivity index (χ0) is 20.1. The zero-order valence-electron chi connectivity index (χ0n) is 17.3. The fraction of sp³-hybridized carbons (Fsp3) is 0.565. The van der Waals surface area contributed by atoms with Gasteiger partial charge in [0.15, 0.2) is 22.5 Å². The van der Waals surface area contributed by atoms with Gasteiger partial charge in [0.1, 0.15) is 0 Å². The van der Waals surface area contributed by atoms with Gasteiger partial charge in [-0.1, -0.05) is 25.3 Å². The Morgan fingerprint density at radius 2 is 1.87 bits per heavy atom. The summed E-state index contributed by atoms with van der Waals surface area (Å²) in [5.74, 6) is 1.25. The number of halogens is 1. The lowest BCUT2D eigenvalue weighted by molar-refractivity contribution is 0.0916. The third-order valence-corrected chi connectivity index (χ3v) is 6.15. The molecule has 0 bridgehead atoms. The predicted octanol–water partition coefficient (Wildman–Crippen LogP) is 3.90. The Kier molecular flexibility index (Phi) is 8.16. The Morgan fingerprint density at radius 3 is 2.63 bits per heavy atom. The molecule has 6 nitrogen and oxygen atoms in total. The van der Waals surface area contributed by atoms with Gasteiger partial charge in [-0.05, 0) is 62.7 Å². The third kappa shape index (κ3) is 5.55.